The fraction of sp³-hybridized carbons (Fsp3) is 0.571. The van der Waals surface area contributed by atoms with Gasteiger partial charge in [0.15, 0.2) is 0 Å². The number of nitro groups is 1. The van der Waals surface area contributed by atoms with E-state index in [1.807, 2.05) is 0 Å². The Morgan fingerprint density at radius 3 is 2.76 bits per heavy atom. The van der Waals surface area contributed by atoms with Gasteiger partial charge in [-0.05, 0) is 31.0 Å². The number of methoxy groups -OCH3 is 1. The third-order valence-corrected chi connectivity index (χ3v) is 2.81. The lowest BCUT2D eigenvalue weighted by Gasteiger charge is -2.06. The Morgan fingerprint density at radius 2 is 2.05 bits per heavy atom. The molecule has 7 heteroatoms. The Labute approximate surface area is 123 Å². The van der Waals surface area contributed by atoms with Crippen LogP contribution in [0.5, 0.6) is 0 Å². The van der Waals surface area contributed by atoms with Crippen LogP contribution in [0.1, 0.15) is 18.4 Å². The zero-order chi connectivity index (χ0) is 15.5. The molecule has 1 aromatic carbocycles. The highest BCUT2D eigenvalue weighted by molar-refractivity contribution is 5.35. The van der Waals surface area contributed by atoms with Crippen LogP contribution in [0, 0.1) is 15.9 Å². The van der Waals surface area contributed by atoms with Crippen molar-refractivity contribution >= 4 is 5.69 Å². The van der Waals surface area contributed by atoms with E-state index >= 15 is 0 Å². The first kappa shape index (κ1) is 17.5. The fourth-order valence-corrected chi connectivity index (χ4v) is 1.77. The van der Waals surface area contributed by atoms with Gasteiger partial charge in [0.05, 0.1) is 24.2 Å². The number of ether oxygens (including phenoxy) is 2. The second-order valence-corrected chi connectivity index (χ2v) is 4.56. The van der Waals surface area contributed by atoms with Crippen LogP contribution in [0.2, 0.25) is 0 Å². The van der Waals surface area contributed by atoms with Gasteiger partial charge >= 0.3 is 0 Å². The number of nitro benzene ring substituents is 1. The summed E-state index contributed by atoms with van der Waals surface area (Å²) in [5.41, 5.74) is 0.344. The van der Waals surface area contributed by atoms with Crippen molar-refractivity contribution in [2.45, 2.75) is 19.4 Å². The highest BCUT2D eigenvalue weighted by atomic mass is 19.1. The Morgan fingerprint density at radius 1 is 1.24 bits per heavy atom. The monoisotopic (exact) mass is 300 g/mol. The minimum absolute atomic E-state index is 0.224. The first-order valence-corrected chi connectivity index (χ1v) is 6.84. The molecule has 0 radical (unpaired) electrons. The number of non-ortho nitro benzene ring substituents is 1. The predicted octanol–water partition coefficient (Wildman–Crippen LogP) is 2.27. The summed E-state index contributed by atoms with van der Waals surface area (Å²) in [5, 5.41) is 13.8. The molecule has 0 spiro atoms. The molecule has 0 aromatic heterocycles. The molecule has 118 valence electrons. The van der Waals surface area contributed by atoms with Crippen LogP contribution in [0.3, 0.4) is 0 Å². The lowest BCUT2D eigenvalue weighted by molar-refractivity contribution is -0.385. The summed E-state index contributed by atoms with van der Waals surface area (Å²) in [4.78, 5) is 10.0. The van der Waals surface area contributed by atoms with Crippen LogP contribution in [0.25, 0.3) is 0 Å². The molecule has 0 bridgehead atoms. The number of rotatable bonds is 11. The maximum atomic E-state index is 13.2. The first-order valence-electron chi connectivity index (χ1n) is 6.84. The van der Waals surface area contributed by atoms with Crippen LogP contribution in [0.15, 0.2) is 18.2 Å². The van der Waals surface area contributed by atoms with E-state index in [4.69, 9.17) is 9.47 Å². The SMILES string of the molecule is COCCOCCCCNCc1cc(F)cc([N+](=O)[O-])c1. The van der Waals surface area contributed by atoms with Crippen molar-refractivity contribution < 1.29 is 18.8 Å². The molecular weight excluding hydrogens is 279 g/mol. The second kappa shape index (κ2) is 10.2. The Bertz CT molecular complexity index is 443. The van der Waals surface area contributed by atoms with E-state index in [2.05, 4.69) is 5.32 Å². The maximum absolute atomic E-state index is 13.2. The van der Waals surface area contributed by atoms with Crippen molar-refractivity contribution in [1.82, 2.24) is 5.32 Å². The van der Waals surface area contributed by atoms with Gasteiger partial charge in [-0.2, -0.15) is 0 Å². The molecule has 0 heterocycles. The summed E-state index contributed by atoms with van der Waals surface area (Å²) in [5.74, 6) is -0.590. The van der Waals surface area contributed by atoms with Crippen molar-refractivity contribution in [3.8, 4) is 0 Å². The largest absolute Gasteiger partial charge is 0.382 e. The summed E-state index contributed by atoms with van der Waals surface area (Å²) < 4.78 is 23.4. The minimum Gasteiger partial charge on any atom is -0.382 e. The van der Waals surface area contributed by atoms with Crippen molar-refractivity contribution in [3.05, 3.63) is 39.7 Å². The summed E-state index contributed by atoms with van der Waals surface area (Å²) >= 11 is 0. The number of nitrogens with zero attached hydrogens (tertiary/aromatic N) is 1. The number of unbranched alkanes of at least 4 members (excludes halogenated alkanes) is 1. The van der Waals surface area contributed by atoms with Crippen molar-refractivity contribution in [2.24, 2.45) is 0 Å². The summed E-state index contributed by atoms with van der Waals surface area (Å²) in [7, 11) is 1.63. The standard InChI is InChI=1S/C14H21FN2O4/c1-20-6-7-21-5-3-2-4-16-11-12-8-13(15)10-14(9-12)17(18)19/h8-10,16H,2-7,11H2,1H3. The molecule has 1 rings (SSSR count). The molecule has 0 aliphatic heterocycles. The smallest absolute Gasteiger partial charge is 0.272 e. The Balaban J connectivity index is 2.17. The van der Waals surface area contributed by atoms with Gasteiger partial charge in [0.2, 0.25) is 0 Å². The number of hydrogen-bond donors (Lipinski definition) is 1. The number of hydrogen-bond acceptors (Lipinski definition) is 5. The van der Waals surface area contributed by atoms with Gasteiger partial charge in [-0.25, -0.2) is 4.39 Å². The number of benzene rings is 1. The normalized spacial score (nSPS) is 10.8. The number of nitrogens with one attached hydrogen (secondary N) is 1. The minimum atomic E-state index is -0.593. The molecular formula is C14H21FN2O4. The van der Waals surface area contributed by atoms with Gasteiger partial charge in [0, 0.05) is 26.3 Å². The second-order valence-electron chi connectivity index (χ2n) is 4.56. The highest BCUT2D eigenvalue weighted by Gasteiger charge is 2.09. The Kier molecular flexibility index (Phi) is 8.49. The van der Waals surface area contributed by atoms with E-state index in [-0.39, 0.29) is 5.69 Å². The summed E-state index contributed by atoms with van der Waals surface area (Å²) in [6.45, 7) is 3.02. The molecule has 0 aliphatic rings. The molecule has 0 aliphatic carbocycles. The molecule has 6 nitrogen and oxygen atoms in total. The quantitative estimate of drug-likeness (QED) is 0.385. The van der Waals surface area contributed by atoms with Gasteiger partial charge in [0.1, 0.15) is 5.82 Å². The van der Waals surface area contributed by atoms with Crippen molar-refractivity contribution in [1.29, 1.82) is 0 Å². The topological polar surface area (TPSA) is 73.6 Å². The molecule has 0 atom stereocenters. The average Bonchev–Trinajstić information content (AvgIpc) is 2.45. The van der Waals surface area contributed by atoms with Crippen LogP contribution >= 0.6 is 0 Å². The Hall–Kier alpha value is -1.57. The molecule has 0 unspecified atom stereocenters. The molecule has 0 saturated heterocycles. The van der Waals surface area contributed by atoms with E-state index in [0.717, 1.165) is 25.5 Å². The van der Waals surface area contributed by atoms with Crippen molar-refractivity contribution in [2.75, 3.05) is 33.5 Å². The summed E-state index contributed by atoms with van der Waals surface area (Å²) in [6, 6.07) is 3.60. The predicted molar refractivity (Wildman–Crippen MR) is 76.7 cm³/mol. The molecule has 1 aromatic rings. The van der Waals surface area contributed by atoms with Gasteiger partial charge < -0.3 is 14.8 Å². The van der Waals surface area contributed by atoms with Crippen LogP contribution in [-0.4, -0.2) is 38.4 Å². The third kappa shape index (κ3) is 7.69. The molecule has 0 amide bonds. The van der Waals surface area contributed by atoms with Gasteiger partial charge in [-0.1, -0.05) is 0 Å². The van der Waals surface area contributed by atoms with E-state index in [0.29, 0.717) is 31.9 Å². The van der Waals surface area contributed by atoms with Gasteiger partial charge in [0.25, 0.3) is 5.69 Å². The zero-order valence-corrected chi connectivity index (χ0v) is 12.1. The van der Waals surface area contributed by atoms with E-state index < -0.39 is 10.7 Å². The van der Waals surface area contributed by atoms with Crippen molar-refractivity contribution in [3.63, 3.8) is 0 Å². The lowest BCUT2D eigenvalue weighted by atomic mass is 10.2. The number of halogens is 1. The maximum Gasteiger partial charge on any atom is 0.272 e. The van der Waals surface area contributed by atoms with Gasteiger partial charge in [-0.3, -0.25) is 10.1 Å². The first-order chi connectivity index (χ1) is 10.1. The highest BCUT2D eigenvalue weighted by Crippen LogP contribution is 2.16. The van der Waals surface area contributed by atoms with Crippen LogP contribution in [-0.2, 0) is 16.0 Å². The van der Waals surface area contributed by atoms with Crippen LogP contribution < -0.4 is 5.32 Å². The van der Waals surface area contributed by atoms with E-state index in [1.165, 1.54) is 12.1 Å². The summed E-state index contributed by atoms with van der Waals surface area (Å²) in [6.07, 6.45) is 1.84. The third-order valence-electron chi connectivity index (χ3n) is 2.81. The van der Waals surface area contributed by atoms with E-state index in [1.54, 1.807) is 7.11 Å². The lowest BCUT2D eigenvalue weighted by Crippen LogP contribution is -2.15. The zero-order valence-electron chi connectivity index (χ0n) is 12.1. The average molecular weight is 300 g/mol. The molecule has 0 fully saturated rings. The van der Waals surface area contributed by atoms with Crippen LogP contribution in [0.4, 0.5) is 10.1 Å². The molecule has 1 N–H and O–H groups in total. The molecule has 21 heavy (non-hydrogen) atoms. The molecule has 0 saturated carbocycles. The van der Waals surface area contributed by atoms with E-state index in [9.17, 15) is 14.5 Å². The van der Waals surface area contributed by atoms with Gasteiger partial charge in [-0.15, -0.1) is 0 Å². The fourth-order valence-electron chi connectivity index (χ4n) is 1.77.